The number of alkyl halides is 3. The molecule has 1 aromatic carbocycles. The molecule has 0 aliphatic heterocycles. The molecule has 7 heteroatoms. The van der Waals surface area contributed by atoms with Crippen molar-refractivity contribution in [3.63, 3.8) is 0 Å². The maximum Gasteiger partial charge on any atom is 0.390 e. The smallest absolute Gasteiger partial charge is 0.390 e. The highest BCUT2D eigenvalue weighted by Gasteiger charge is 2.28. The second kappa shape index (κ2) is 5.46. The zero-order valence-corrected chi connectivity index (χ0v) is 10.5. The van der Waals surface area contributed by atoms with Crippen molar-refractivity contribution in [2.75, 3.05) is 19.3 Å². The molecule has 0 radical (unpaired) electrons. The highest BCUT2D eigenvalue weighted by molar-refractivity contribution is 5.95. The number of carbonyl (C=O) groups excluding carboxylic acids is 1. The van der Waals surface area contributed by atoms with Gasteiger partial charge in [0.05, 0.1) is 6.42 Å². The summed E-state index contributed by atoms with van der Waals surface area (Å²) in [4.78, 5) is 12.7. The van der Waals surface area contributed by atoms with Crippen molar-refractivity contribution in [2.45, 2.75) is 19.5 Å². The number of nitrogens with two attached hydrogens (primary N) is 1. The average Bonchev–Trinajstić information content (AvgIpc) is 2.30. The Balaban J connectivity index is 2.83. The first kappa shape index (κ1) is 15.3. The fraction of sp³-hybridized carbons (Fsp3) is 0.417. The maximum absolute atomic E-state index is 13.4. The Kier molecular flexibility index (Phi) is 4.39. The van der Waals surface area contributed by atoms with Crippen LogP contribution in [0.2, 0.25) is 0 Å². The first-order chi connectivity index (χ1) is 8.61. The highest BCUT2D eigenvalue weighted by Crippen LogP contribution is 2.21. The number of carbonyl (C=O) groups is 1. The number of rotatable bonds is 3. The van der Waals surface area contributed by atoms with Gasteiger partial charge >= 0.3 is 6.18 Å². The van der Waals surface area contributed by atoms with Crippen LogP contribution in [0.4, 0.5) is 23.2 Å². The molecule has 19 heavy (non-hydrogen) atoms. The molecule has 0 aliphatic carbocycles. The molecular weight excluding hydrogens is 264 g/mol. The quantitative estimate of drug-likeness (QED) is 0.682. The average molecular weight is 278 g/mol. The van der Waals surface area contributed by atoms with E-state index in [2.05, 4.69) is 0 Å². The molecule has 0 atom stereocenters. The molecule has 1 aromatic rings. The number of hydrogen-bond donors (Lipinski definition) is 1. The lowest BCUT2D eigenvalue weighted by molar-refractivity contribution is -0.136. The third kappa shape index (κ3) is 4.11. The Morgan fingerprint density at radius 3 is 2.42 bits per heavy atom. The van der Waals surface area contributed by atoms with E-state index in [0.29, 0.717) is 0 Å². The predicted molar refractivity (Wildman–Crippen MR) is 63.2 cm³/mol. The third-order valence-corrected chi connectivity index (χ3v) is 2.71. The van der Waals surface area contributed by atoms with Crippen LogP contribution in [0.1, 0.15) is 22.3 Å². The molecule has 1 amide bonds. The lowest BCUT2D eigenvalue weighted by Gasteiger charge is -2.18. The minimum Gasteiger partial charge on any atom is -0.398 e. The van der Waals surface area contributed by atoms with Gasteiger partial charge < -0.3 is 10.6 Å². The monoisotopic (exact) mass is 278 g/mol. The summed E-state index contributed by atoms with van der Waals surface area (Å²) in [7, 11) is 1.22. The summed E-state index contributed by atoms with van der Waals surface area (Å²) in [6.07, 6.45) is -5.45. The van der Waals surface area contributed by atoms with E-state index in [1.165, 1.54) is 20.0 Å². The molecule has 0 aliphatic rings. The molecule has 0 unspecified atom stereocenters. The van der Waals surface area contributed by atoms with Crippen molar-refractivity contribution < 1.29 is 22.4 Å². The normalized spacial score (nSPS) is 11.5. The number of nitrogen functional groups attached to an aromatic ring is 1. The zero-order valence-electron chi connectivity index (χ0n) is 10.5. The van der Waals surface area contributed by atoms with Crippen LogP contribution in [0.15, 0.2) is 12.1 Å². The van der Waals surface area contributed by atoms with Gasteiger partial charge in [0.2, 0.25) is 0 Å². The topological polar surface area (TPSA) is 46.3 Å². The number of nitrogens with zero attached hydrogens (tertiary/aromatic N) is 1. The van der Waals surface area contributed by atoms with Crippen LogP contribution >= 0.6 is 0 Å². The van der Waals surface area contributed by atoms with Gasteiger partial charge in [-0.05, 0) is 19.1 Å². The van der Waals surface area contributed by atoms with Crippen molar-refractivity contribution in [1.82, 2.24) is 4.90 Å². The van der Waals surface area contributed by atoms with Crippen molar-refractivity contribution in [3.8, 4) is 0 Å². The van der Waals surface area contributed by atoms with E-state index in [1.807, 2.05) is 0 Å². The first-order valence-electron chi connectivity index (χ1n) is 5.49. The van der Waals surface area contributed by atoms with E-state index in [0.717, 1.165) is 11.0 Å². The van der Waals surface area contributed by atoms with Gasteiger partial charge in [-0.25, -0.2) is 4.39 Å². The first-order valence-corrected chi connectivity index (χ1v) is 5.49. The van der Waals surface area contributed by atoms with Gasteiger partial charge in [-0.3, -0.25) is 4.79 Å². The lowest BCUT2D eigenvalue weighted by Crippen LogP contribution is -2.30. The van der Waals surface area contributed by atoms with E-state index in [9.17, 15) is 22.4 Å². The Bertz CT molecular complexity index is 462. The fourth-order valence-electron chi connectivity index (χ4n) is 1.44. The molecule has 2 N–H and O–H groups in total. The standard InChI is InChI=1S/C12H14F4N2O/c1-7-9(13)5-8(6-10(7)17)11(19)18(2)4-3-12(14,15)16/h5-6H,3-4,17H2,1-2H3. The summed E-state index contributed by atoms with van der Waals surface area (Å²) in [6, 6.07) is 2.23. The van der Waals surface area contributed by atoms with Crippen LogP contribution in [0.3, 0.4) is 0 Å². The highest BCUT2D eigenvalue weighted by atomic mass is 19.4. The summed E-state index contributed by atoms with van der Waals surface area (Å²) < 4.78 is 49.5. The number of halogens is 4. The molecule has 0 bridgehead atoms. The van der Waals surface area contributed by atoms with Gasteiger partial charge in [0.1, 0.15) is 5.82 Å². The molecule has 0 saturated carbocycles. The summed E-state index contributed by atoms with van der Waals surface area (Å²) >= 11 is 0. The molecule has 0 fully saturated rings. The van der Waals surface area contributed by atoms with Crippen LogP contribution < -0.4 is 5.73 Å². The Labute approximate surface area is 108 Å². The third-order valence-electron chi connectivity index (χ3n) is 2.71. The van der Waals surface area contributed by atoms with Crippen LogP contribution in [-0.2, 0) is 0 Å². The molecule has 0 saturated heterocycles. The van der Waals surface area contributed by atoms with Gasteiger partial charge in [0.25, 0.3) is 5.91 Å². The van der Waals surface area contributed by atoms with Gasteiger partial charge in [-0.1, -0.05) is 0 Å². The summed E-state index contributed by atoms with van der Waals surface area (Å²) in [5.41, 5.74) is 5.74. The Hall–Kier alpha value is -1.79. The van der Waals surface area contributed by atoms with E-state index in [-0.39, 0.29) is 16.8 Å². The van der Waals surface area contributed by atoms with Gasteiger partial charge in [-0.15, -0.1) is 0 Å². The Morgan fingerprint density at radius 2 is 1.95 bits per heavy atom. The van der Waals surface area contributed by atoms with Crippen molar-refractivity contribution in [3.05, 3.63) is 29.1 Å². The summed E-state index contributed by atoms with van der Waals surface area (Å²) in [5, 5.41) is 0. The van der Waals surface area contributed by atoms with Crippen molar-refractivity contribution in [1.29, 1.82) is 0 Å². The van der Waals surface area contributed by atoms with Crippen molar-refractivity contribution in [2.24, 2.45) is 0 Å². The molecular formula is C12H14F4N2O. The SMILES string of the molecule is Cc1c(N)cc(C(=O)N(C)CCC(F)(F)F)cc1F. The van der Waals surface area contributed by atoms with Crippen LogP contribution in [-0.4, -0.2) is 30.6 Å². The molecule has 0 aromatic heterocycles. The lowest BCUT2D eigenvalue weighted by atomic mass is 10.1. The van der Waals surface area contributed by atoms with Crippen LogP contribution in [0.5, 0.6) is 0 Å². The van der Waals surface area contributed by atoms with E-state index < -0.39 is 30.9 Å². The van der Waals surface area contributed by atoms with Crippen LogP contribution in [0.25, 0.3) is 0 Å². The zero-order chi connectivity index (χ0) is 14.8. The summed E-state index contributed by atoms with van der Waals surface area (Å²) in [5.74, 6) is -1.36. The van der Waals surface area contributed by atoms with Gasteiger partial charge in [-0.2, -0.15) is 13.2 Å². The van der Waals surface area contributed by atoms with E-state index >= 15 is 0 Å². The molecule has 106 valence electrons. The largest absolute Gasteiger partial charge is 0.398 e. The van der Waals surface area contributed by atoms with Crippen LogP contribution in [0, 0.1) is 12.7 Å². The molecule has 0 spiro atoms. The van der Waals surface area contributed by atoms with Gasteiger partial charge in [0, 0.05) is 30.4 Å². The fourth-order valence-corrected chi connectivity index (χ4v) is 1.44. The van der Waals surface area contributed by atoms with E-state index in [4.69, 9.17) is 5.73 Å². The molecule has 0 heterocycles. The predicted octanol–water partition coefficient (Wildman–Crippen LogP) is 2.74. The summed E-state index contributed by atoms with van der Waals surface area (Å²) in [6.45, 7) is 0.962. The van der Waals surface area contributed by atoms with Gasteiger partial charge in [0.15, 0.2) is 0 Å². The number of hydrogen-bond acceptors (Lipinski definition) is 2. The second-order valence-electron chi connectivity index (χ2n) is 4.26. The number of anilines is 1. The van der Waals surface area contributed by atoms with E-state index in [1.54, 1.807) is 0 Å². The molecule has 3 nitrogen and oxygen atoms in total. The Morgan fingerprint density at radius 1 is 1.37 bits per heavy atom. The number of amides is 1. The number of benzene rings is 1. The second-order valence-corrected chi connectivity index (χ2v) is 4.26. The minimum absolute atomic E-state index is 0.0646. The van der Waals surface area contributed by atoms with Crippen molar-refractivity contribution >= 4 is 11.6 Å². The molecule has 1 rings (SSSR count). The minimum atomic E-state index is -4.34. The maximum atomic E-state index is 13.4.